The zero-order valence-electron chi connectivity index (χ0n) is 15.0. The van der Waals surface area contributed by atoms with E-state index in [1.165, 1.54) is 40.4 Å². The molecule has 1 aliphatic carbocycles. The quantitative estimate of drug-likeness (QED) is 0.485. The Morgan fingerprint density at radius 3 is 2.88 bits per heavy atom. The van der Waals surface area contributed by atoms with Crippen LogP contribution in [-0.4, -0.2) is 35.0 Å². The zero-order chi connectivity index (χ0) is 18.0. The van der Waals surface area contributed by atoms with Gasteiger partial charge in [-0.2, -0.15) is 0 Å². The molecule has 0 radical (unpaired) electrons. The molecule has 0 saturated carbocycles. The van der Waals surface area contributed by atoms with Crippen LogP contribution in [0.3, 0.4) is 0 Å². The van der Waals surface area contributed by atoms with Crippen molar-refractivity contribution < 1.29 is 4.74 Å². The lowest BCUT2D eigenvalue weighted by atomic mass is 9.97. The Balaban J connectivity index is 1.81. The molecule has 26 heavy (non-hydrogen) atoms. The molecule has 1 aromatic heterocycles. The van der Waals surface area contributed by atoms with Gasteiger partial charge in [0.25, 0.3) is 0 Å². The number of ether oxygens (including phenoxy) is 1. The van der Waals surface area contributed by atoms with Crippen LogP contribution in [0.15, 0.2) is 18.2 Å². The van der Waals surface area contributed by atoms with Gasteiger partial charge in [-0.15, -0.1) is 11.6 Å². The largest absolute Gasteiger partial charge is 0.496 e. The number of methoxy groups -OCH3 is 1. The smallest absolute Gasteiger partial charge is 0.132 e. The molecule has 0 spiro atoms. The third kappa shape index (κ3) is 2.41. The molecule has 3 heterocycles. The normalized spacial score (nSPS) is 26.7. The second kappa shape index (κ2) is 6.28. The third-order valence-electron chi connectivity index (χ3n) is 6.27. The average Bonchev–Trinajstić information content (AvgIpc) is 3.05. The van der Waals surface area contributed by atoms with E-state index in [1.54, 1.807) is 7.11 Å². The van der Waals surface area contributed by atoms with Gasteiger partial charge in [0, 0.05) is 40.5 Å². The van der Waals surface area contributed by atoms with E-state index < -0.39 is 0 Å². The Morgan fingerprint density at radius 2 is 2.12 bits per heavy atom. The second-order valence-electron chi connectivity index (χ2n) is 7.55. The highest BCUT2D eigenvalue weighted by molar-refractivity contribution is 14.1. The van der Waals surface area contributed by atoms with Gasteiger partial charge in [0.05, 0.1) is 16.1 Å². The summed E-state index contributed by atoms with van der Waals surface area (Å²) in [7, 11) is 4.02. The summed E-state index contributed by atoms with van der Waals surface area (Å²) in [6.45, 7) is 0. The molecule has 5 heteroatoms. The minimum atomic E-state index is 0.0999. The topological polar surface area (TPSA) is 17.4 Å². The molecular weight excluding hydrogens is 459 g/mol. The zero-order valence-corrected chi connectivity index (χ0v) is 17.9. The first-order valence-corrected chi connectivity index (χ1v) is 10.8. The lowest BCUT2D eigenvalue weighted by molar-refractivity contribution is 0.221. The van der Waals surface area contributed by atoms with Crippen molar-refractivity contribution in [2.24, 2.45) is 0 Å². The summed E-state index contributed by atoms with van der Waals surface area (Å²) in [5.74, 6) is 0.931. The molecule has 3 atom stereocenters. The van der Waals surface area contributed by atoms with Gasteiger partial charge in [0.1, 0.15) is 5.75 Å². The fraction of sp³-hybridized carbons (Fsp3) is 0.429. The number of fused-ring (bicyclic) bond motifs is 6. The molecule has 0 amide bonds. The van der Waals surface area contributed by atoms with E-state index in [4.69, 9.17) is 16.3 Å². The van der Waals surface area contributed by atoms with Crippen molar-refractivity contribution in [2.45, 2.75) is 43.1 Å². The maximum Gasteiger partial charge on any atom is 0.132 e. The van der Waals surface area contributed by atoms with Gasteiger partial charge in [-0.25, -0.2) is 0 Å². The van der Waals surface area contributed by atoms with E-state index in [0.717, 1.165) is 22.2 Å². The number of halogens is 2. The summed E-state index contributed by atoms with van der Waals surface area (Å²) in [4.78, 5) is 2.58. The van der Waals surface area contributed by atoms with E-state index >= 15 is 0 Å². The molecule has 1 fully saturated rings. The van der Waals surface area contributed by atoms with E-state index in [2.05, 4.69) is 69.5 Å². The van der Waals surface area contributed by atoms with Gasteiger partial charge in [-0.3, -0.25) is 4.90 Å². The Labute approximate surface area is 172 Å². The Kier molecular flexibility index (Phi) is 4.14. The number of hydrogen-bond acceptors (Lipinski definition) is 2. The lowest BCUT2D eigenvalue weighted by Crippen LogP contribution is -2.37. The predicted octanol–water partition coefficient (Wildman–Crippen LogP) is 3.35. The van der Waals surface area contributed by atoms with Crippen LogP contribution in [0.2, 0.25) is 0 Å². The number of benzene rings is 1. The van der Waals surface area contributed by atoms with Crippen LogP contribution in [0.25, 0.3) is 17.8 Å². The van der Waals surface area contributed by atoms with Crippen molar-refractivity contribution >= 4 is 46.3 Å². The summed E-state index contributed by atoms with van der Waals surface area (Å²) in [6, 6.07) is 7.69. The first kappa shape index (κ1) is 17.1. The number of likely N-dealkylation sites (N-methyl/N-ethyl adjacent to an activating group) is 1. The van der Waals surface area contributed by atoms with Gasteiger partial charge >= 0.3 is 0 Å². The van der Waals surface area contributed by atoms with Crippen molar-refractivity contribution in [2.75, 3.05) is 14.2 Å². The Morgan fingerprint density at radius 1 is 1.27 bits per heavy atom. The van der Waals surface area contributed by atoms with Gasteiger partial charge in [-0.05, 0) is 72.7 Å². The Hall–Kier alpha value is -0.980. The molecule has 2 bridgehead atoms. The highest BCUT2D eigenvalue weighted by atomic mass is 127. The highest BCUT2D eigenvalue weighted by Crippen LogP contribution is 2.41. The monoisotopic (exact) mass is 480 g/mol. The SMILES string of the molecule is COc1ccc(-n2c3c(c4c2=CCC(Cl)C=4)C2CCC(C3)N2C)cc1I. The van der Waals surface area contributed by atoms with Crippen LogP contribution in [0, 0.1) is 3.57 Å². The van der Waals surface area contributed by atoms with Crippen LogP contribution >= 0.6 is 34.2 Å². The average molecular weight is 481 g/mol. The van der Waals surface area contributed by atoms with Crippen molar-refractivity contribution in [3.8, 4) is 11.4 Å². The summed E-state index contributed by atoms with van der Waals surface area (Å²) in [5.41, 5.74) is 4.23. The third-order valence-corrected chi connectivity index (χ3v) is 7.42. The summed E-state index contributed by atoms with van der Waals surface area (Å²) < 4.78 is 9.09. The van der Waals surface area contributed by atoms with Gasteiger partial charge in [0.2, 0.25) is 0 Å². The molecule has 3 unspecified atom stereocenters. The van der Waals surface area contributed by atoms with Gasteiger partial charge in [0.15, 0.2) is 0 Å². The Bertz CT molecular complexity index is 1010. The summed E-state index contributed by atoms with van der Waals surface area (Å²) in [5, 5.41) is 2.80. The van der Waals surface area contributed by atoms with E-state index in [1.807, 2.05) is 0 Å². The minimum absolute atomic E-state index is 0.0999. The maximum absolute atomic E-state index is 6.52. The van der Waals surface area contributed by atoms with Gasteiger partial charge in [-0.1, -0.05) is 12.2 Å². The van der Waals surface area contributed by atoms with Crippen LogP contribution in [0.5, 0.6) is 5.75 Å². The van der Waals surface area contributed by atoms with Crippen molar-refractivity contribution in [3.05, 3.63) is 43.6 Å². The van der Waals surface area contributed by atoms with Crippen molar-refractivity contribution in [1.29, 1.82) is 0 Å². The van der Waals surface area contributed by atoms with Crippen LogP contribution < -0.4 is 15.3 Å². The number of hydrogen-bond donors (Lipinski definition) is 0. The standard InChI is InChI=1S/C21H22ClIN2O/c1-24-13-4-7-18(24)21-15-9-12(22)3-6-17(15)25(19(21)11-13)14-5-8-20(26-2)16(23)10-14/h5-6,8-10,12-13,18H,3-4,7,11H2,1-2H3. The number of alkyl halides is 1. The maximum atomic E-state index is 6.52. The van der Waals surface area contributed by atoms with Crippen molar-refractivity contribution in [1.82, 2.24) is 9.47 Å². The fourth-order valence-corrected chi connectivity index (χ4v) is 5.95. The molecule has 2 aromatic rings. The number of aromatic nitrogens is 1. The van der Waals surface area contributed by atoms with E-state index in [0.29, 0.717) is 12.1 Å². The molecule has 136 valence electrons. The van der Waals surface area contributed by atoms with E-state index in [9.17, 15) is 0 Å². The first-order chi connectivity index (χ1) is 12.6. The van der Waals surface area contributed by atoms with Crippen LogP contribution in [0.1, 0.15) is 36.6 Å². The first-order valence-electron chi connectivity index (χ1n) is 9.24. The van der Waals surface area contributed by atoms with Gasteiger partial charge < -0.3 is 9.30 Å². The molecular formula is C21H22ClIN2O. The lowest BCUT2D eigenvalue weighted by Gasteiger charge is -2.32. The molecule has 3 aliphatic rings. The van der Waals surface area contributed by atoms with Crippen LogP contribution in [0.4, 0.5) is 0 Å². The number of nitrogens with zero attached hydrogens (tertiary/aromatic N) is 2. The molecule has 2 aliphatic heterocycles. The van der Waals surface area contributed by atoms with E-state index in [-0.39, 0.29) is 5.38 Å². The molecule has 0 N–H and O–H groups in total. The highest BCUT2D eigenvalue weighted by Gasteiger charge is 2.40. The van der Waals surface area contributed by atoms with Crippen molar-refractivity contribution in [3.63, 3.8) is 0 Å². The summed E-state index contributed by atoms with van der Waals surface area (Å²) >= 11 is 8.88. The molecule has 3 nitrogen and oxygen atoms in total. The summed E-state index contributed by atoms with van der Waals surface area (Å²) in [6.07, 6.45) is 9.18. The second-order valence-corrected chi connectivity index (χ2v) is 9.28. The minimum Gasteiger partial charge on any atom is -0.496 e. The molecule has 1 saturated heterocycles. The fourth-order valence-electron chi connectivity index (χ4n) is 5.02. The molecule has 1 aromatic carbocycles. The predicted molar refractivity (Wildman–Crippen MR) is 115 cm³/mol. The van der Waals surface area contributed by atoms with Crippen LogP contribution in [-0.2, 0) is 6.42 Å². The number of rotatable bonds is 2. The molecule has 5 rings (SSSR count).